The third-order valence-electron chi connectivity index (χ3n) is 5.98. The summed E-state index contributed by atoms with van der Waals surface area (Å²) < 4.78 is 12.0. The zero-order valence-corrected chi connectivity index (χ0v) is 20.5. The molecule has 1 aliphatic heterocycles. The highest BCUT2D eigenvalue weighted by molar-refractivity contribution is 7.15. The van der Waals surface area contributed by atoms with Crippen molar-refractivity contribution in [3.63, 3.8) is 0 Å². The standard InChI is InChI=1S/C27H18ClN3O4S/c1-15-29-30-27(36-15)31-23(17-8-5-9-19(12-17)34-14-16-6-3-2-4-7-16)22-24(32)20-13-18(28)10-11-21(20)35-25(22)26(31)33/h2-13,23H,14H2,1H3/t23-/m0/s1. The minimum absolute atomic E-state index is 0.0108. The molecule has 0 saturated carbocycles. The van der Waals surface area contributed by atoms with Crippen molar-refractivity contribution >= 4 is 44.9 Å². The number of carbonyl (C=O) groups excluding carboxylic acids is 1. The molecule has 1 atom stereocenters. The summed E-state index contributed by atoms with van der Waals surface area (Å²) in [6.07, 6.45) is 0. The van der Waals surface area contributed by atoms with Crippen molar-refractivity contribution in [3.05, 3.63) is 116 Å². The van der Waals surface area contributed by atoms with Gasteiger partial charge in [-0.1, -0.05) is 65.4 Å². The topological polar surface area (TPSA) is 85.5 Å². The highest BCUT2D eigenvalue weighted by Crippen LogP contribution is 2.42. The summed E-state index contributed by atoms with van der Waals surface area (Å²) in [5.41, 5.74) is 1.94. The van der Waals surface area contributed by atoms with E-state index in [1.807, 2.05) is 61.5 Å². The van der Waals surface area contributed by atoms with Crippen LogP contribution in [0.25, 0.3) is 11.0 Å². The fourth-order valence-corrected chi connectivity index (χ4v) is 5.24. The van der Waals surface area contributed by atoms with E-state index in [9.17, 15) is 9.59 Å². The molecule has 178 valence electrons. The molecule has 1 aliphatic rings. The lowest BCUT2D eigenvalue weighted by Gasteiger charge is -2.22. The van der Waals surface area contributed by atoms with Gasteiger partial charge in [-0.15, -0.1) is 10.2 Å². The Morgan fingerprint density at radius 2 is 1.86 bits per heavy atom. The molecule has 2 aromatic heterocycles. The average Bonchev–Trinajstić information content (AvgIpc) is 3.45. The van der Waals surface area contributed by atoms with Gasteiger partial charge in [-0.05, 0) is 48.4 Å². The van der Waals surface area contributed by atoms with Crippen LogP contribution in [-0.2, 0) is 6.61 Å². The molecule has 5 aromatic rings. The third kappa shape index (κ3) is 3.84. The van der Waals surface area contributed by atoms with Gasteiger partial charge < -0.3 is 9.15 Å². The number of hydrogen-bond donors (Lipinski definition) is 0. The van der Waals surface area contributed by atoms with Crippen LogP contribution in [-0.4, -0.2) is 16.1 Å². The molecule has 0 spiro atoms. The number of ether oxygens (including phenoxy) is 1. The quantitative estimate of drug-likeness (QED) is 0.288. The summed E-state index contributed by atoms with van der Waals surface area (Å²) >= 11 is 7.43. The molecule has 36 heavy (non-hydrogen) atoms. The van der Waals surface area contributed by atoms with Crippen molar-refractivity contribution in [3.8, 4) is 5.75 Å². The number of amides is 1. The molecule has 6 rings (SSSR count). The van der Waals surface area contributed by atoms with Crippen molar-refractivity contribution in [2.45, 2.75) is 19.6 Å². The number of benzene rings is 3. The number of rotatable bonds is 5. The van der Waals surface area contributed by atoms with Gasteiger partial charge in [0, 0.05) is 5.02 Å². The second-order valence-corrected chi connectivity index (χ2v) is 9.94. The summed E-state index contributed by atoms with van der Waals surface area (Å²) in [4.78, 5) is 28.8. The fourth-order valence-electron chi connectivity index (χ4n) is 4.36. The molecule has 9 heteroatoms. The summed E-state index contributed by atoms with van der Waals surface area (Å²) in [7, 11) is 0. The highest BCUT2D eigenvalue weighted by atomic mass is 35.5. The predicted molar refractivity (Wildman–Crippen MR) is 138 cm³/mol. The van der Waals surface area contributed by atoms with E-state index in [2.05, 4.69) is 10.2 Å². The Morgan fingerprint density at radius 3 is 2.64 bits per heavy atom. The Bertz CT molecular complexity index is 1680. The molecule has 0 aliphatic carbocycles. The number of fused-ring (bicyclic) bond motifs is 2. The zero-order valence-electron chi connectivity index (χ0n) is 19.0. The van der Waals surface area contributed by atoms with Gasteiger partial charge in [0.15, 0.2) is 5.43 Å². The van der Waals surface area contributed by atoms with Crippen molar-refractivity contribution in [1.82, 2.24) is 10.2 Å². The van der Waals surface area contributed by atoms with Gasteiger partial charge in [0.25, 0.3) is 5.91 Å². The Balaban J connectivity index is 1.49. The van der Waals surface area contributed by atoms with Crippen LogP contribution in [0.3, 0.4) is 0 Å². The Labute approximate surface area is 214 Å². The summed E-state index contributed by atoms with van der Waals surface area (Å²) in [6, 6.07) is 21.2. The number of carbonyl (C=O) groups is 1. The number of aromatic nitrogens is 2. The van der Waals surface area contributed by atoms with Gasteiger partial charge in [-0.25, -0.2) is 0 Å². The van der Waals surface area contributed by atoms with E-state index in [-0.39, 0.29) is 16.8 Å². The maximum absolute atomic E-state index is 13.7. The number of halogens is 1. The molecular weight excluding hydrogens is 498 g/mol. The minimum atomic E-state index is -0.764. The van der Waals surface area contributed by atoms with Gasteiger partial charge >= 0.3 is 0 Å². The zero-order chi connectivity index (χ0) is 24.8. The van der Waals surface area contributed by atoms with Crippen LogP contribution in [0.4, 0.5) is 5.13 Å². The normalized spacial score (nSPS) is 14.9. The first-order valence-electron chi connectivity index (χ1n) is 11.2. The van der Waals surface area contributed by atoms with Crippen LogP contribution in [0.5, 0.6) is 5.75 Å². The monoisotopic (exact) mass is 515 g/mol. The molecule has 0 fully saturated rings. The van der Waals surface area contributed by atoms with Crippen molar-refractivity contribution in [2.24, 2.45) is 0 Å². The Hall–Kier alpha value is -4.01. The highest BCUT2D eigenvalue weighted by Gasteiger charge is 2.45. The van der Waals surface area contributed by atoms with Crippen LogP contribution in [0, 0.1) is 6.92 Å². The predicted octanol–water partition coefficient (Wildman–Crippen LogP) is 5.94. The molecule has 1 amide bonds. The van der Waals surface area contributed by atoms with Gasteiger partial charge in [0.2, 0.25) is 10.9 Å². The van der Waals surface area contributed by atoms with E-state index in [0.717, 1.165) is 5.56 Å². The Morgan fingerprint density at radius 1 is 1.03 bits per heavy atom. The van der Waals surface area contributed by atoms with E-state index < -0.39 is 11.9 Å². The summed E-state index contributed by atoms with van der Waals surface area (Å²) in [6.45, 7) is 2.19. The van der Waals surface area contributed by atoms with E-state index in [1.54, 1.807) is 18.2 Å². The number of anilines is 1. The molecule has 3 heterocycles. The fraction of sp³-hybridized carbons (Fsp3) is 0.111. The summed E-state index contributed by atoms with van der Waals surface area (Å²) in [5.74, 6) is 0.151. The van der Waals surface area contributed by atoms with Crippen molar-refractivity contribution in [1.29, 1.82) is 0 Å². The first-order chi connectivity index (χ1) is 17.5. The molecule has 0 saturated heterocycles. The van der Waals surface area contributed by atoms with Gasteiger partial charge in [0.05, 0.1) is 17.0 Å². The minimum Gasteiger partial charge on any atom is -0.489 e. The molecule has 0 bridgehead atoms. The third-order valence-corrected chi connectivity index (χ3v) is 7.05. The van der Waals surface area contributed by atoms with E-state index in [0.29, 0.717) is 44.1 Å². The first kappa shape index (κ1) is 22.5. The second kappa shape index (κ2) is 8.89. The summed E-state index contributed by atoms with van der Waals surface area (Å²) in [5, 5.41) is 10.1. The SMILES string of the molecule is Cc1nnc(N2C(=O)c3oc4ccc(Cl)cc4c(=O)c3[C@@H]2c2cccc(OCc3ccccc3)c2)s1. The van der Waals surface area contributed by atoms with Crippen molar-refractivity contribution < 1.29 is 13.9 Å². The van der Waals surface area contributed by atoms with Crippen LogP contribution in [0.1, 0.15) is 38.3 Å². The molecule has 3 aromatic carbocycles. The first-order valence-corrected chi connectivity index (χ1v) is 12.4. The van der Waals surface area contributed by atoms with Crippen LogP contribution < -0.4 is 15.1 Å². The Kier molecular flexibility index (Phi) is 5.55. The maximum Gasteiger partial charge on any atom is 0.297 e. The molecule has 0 N–H and O–H groups in total. The van der Waals surface area contributed by atoms with Crippen LogP contribution in [0.2, 0.25) is 5.02 Å². The second-order valence-electron chi connectivity index (χ2n) is 8.34. The lowest BCUT2D eigenvalue weighted by atomic mass is 9.98. The van der Waals surface area contributed by atoms with Gasteiger partial charge in [-0.3, -0.25) is 14.5 Å². The number of nitrogens with zero attached hydrogens (tertiary/aromatic N) is 3. The smallest absolute Gasteiger partial charge is 0.297 e. The number of aryl methyl sites for hydroxylation is 1. The lowest BCUT2D eigenvalue weighted by molar-refractivity contribution is 0.0970. The van der Waals surface area contributed by atoms with E-state index in [1.165, 1.54) is 16.2 Å². The molecule has 0 unspecified atom stereocenters. The molecule has 0 radical (unpaired) electrons. The maximum atomic E-state index is 13.7. The van der Waals surface area contributed by atoms with Crippen molar-refractivity contribution in [2.75, 3.05) is 4.90 Å². The van der Waals surface area contributed by atoms with Gasteiger partial charge in [-0.2, -0.15) is 0 Å². The average molecular weight is 516 g/mol. The lowest BCUT2D eigenvalue weighted by Crippen LogP contribution is -2.29. The largest absolute Gasteiger partial charge is 0.489 e. The molecular formula is C27H18ClN3O4S. The van der Waals surface area contributed by atoms with Crippen LogP contribution in [0.15, 0.2) is 82.0 Å². The van der Waals surface area contributed by atoms with E-state index in [4.69, 9.17) is 20.8 Å². The molecule has 7 nitrogen and oxygen atoms in total. The number of hydrogen-bond acceptors (Lipinski definition) is 7. The van der Waals surface area contributed by atoms with Crippen LogP contribution >= 0.6 is 22.9 Å². The van der Waals surface area contributed by atoms with Gasteiger partial charge in [0.1, 0.15) is 22.9 Å². The van der Waals surface area contributed by atoms with E-state index >= 15 is 0 Å².